The van der Waals surface area contributed by atoms with Crippen molar-refractivity contribution >= 4 is 23.9 Å². The third-order valence-electron chi connectivity index (χ3n) is 2.53. The van der Waals surface area contributed by atoms with E-state index in [9.17, 15) is 14.4 Å². The number of aromatic nitrogens is 2. The molecule has 1 heterocycles. The average Bonchev–Trinajstić information content (AvgIpc) is 2.77. The van der Waals surface area contributed by atoms with E-state index in [4.69, 9.17) is 10.2 Å². The van der Waals surface area contributed by atoms with E-state index in [2.05, 4.69) is 10.4 Å². The van der Waals surface area contributed by atoms with E-state index in [0.717, 1.165) is 0 Å². The molecule has 0 radical (unpaired) electrons. The number of nitrogens with one attached hydrogen (secondary N) is 1. The lowest BCUT2D eigenvalue weighted by molar-refractivity contribution is -0.142. The van der Waals surface area contributed by atoms with Crippen molar-refractivity contribution in [1.29, 1.82) is 0 Å². The van der Waals surface area contributed by atoms with E-state index in [1.54, 1.807) is 24.0 Å². The van der Waals surface area contributed by atoms with Crippen molar-refractivity contribution in [3.63, 3.8) is 0 Å². The monoisotopic (exact) mass is 281 g/mol. The molecule has 20 heavy (non-hydrogen) atoms. The predicted molar refractivity (Wildman–Crippen MR) is 68.7 cm³/mol. The van der Waals surface area contributed by atoms with Crippen LogP contribution in [0.15, 0.2) is 18.3 Å². The molecule has 0 saturated carbocycles. The first-order valence-electron chi connectivity index (χ1n) is 5.81. The molecule has 0 aliphatic rings. The van der Waals surface area contributed by atoms with Gasteiger partial charge in [0.2, 0.25) is 5.91 Å². The molecule has 0 aromatic carbocycles. The Bertz CT molecular complexity index is 535. The minimum atomic E-state index is -1.27. The highest BCUT2D eigenvalue weighted by Crippen LogP contribution is 2.01. The summed E-state index contributed by atoms with van der Waals surface area (Å²) in [5, 5.41) is 23.5. The fraction of sp³-hybridized carbons (Fsp3) is 0.333. The minimum Gasteiger partial charge on any atom is -0.481 e. The summed E-state index contributed by atoms with van der Waals surface area (Å²) in [7, 11) is 1.70. The molecule has 108 valence electrons. The number of rotatable bonds is 7. The van der Waals surface area contributed by atoms with Crippen LogP contribution in [0.5, 0.6) is 0 Å². The third-order valence-corrected chi connectivity index (χ3v) is 2.53. The van der Waals surface area contributed by atoms with E-state index in [0.29, 0.717) is 5.69 Å². The Morgan fingerprint density at radius 2 is 2.15 bits per heavy atom. The number of carbonyl (C=O) groups excluding carboxylic acids is 1. The lowest BCUT2D eigenvalue weighted by Gasteiger charge is -2.11. The number of hydrogen-bond donors (Lipinski definition) is 3. The zero-order valence-electron chi connectivity index (χ0n) is 10.8. The summed E-state index contributed by atoms with van der Waals surface area (Å²) in [6.45, 7) is 0. The van der Waals surface area contributed by atoms with Gasteiger partial charge in [-0.3, -0.25) is 14.3 Å². The molecule has 1 unspecified atom stereocenters. The molecule has 1 atom stereocenters. The second-order valence-corrected chi connectivity index (χ2v) is 4.04. The Morgan fingerprint density at radius 3 is 2.65 bits per heavy atom. The van der Waals surface area contributed by atoms with E-state index in [1.165, 1.54) is 12.2 Å². The van der Waals surface area contributed by atoms with Crippen LogP contribution in [0.4, 0.5) is 0 Å². The van der Waals surface area contributed by atoms with Gasteiger partial charge in [-0.15, -0.1) is 0 Å². The Balaban J connectivity index is 2.58. The molecule has 0 saturated heterocycles. The Kier molecular flexibility index (Phi) is 5.45. The molecule has 8 nitrogen and oxygen atoms in total. The van der Waals surface area contributed by atoms with Gasteiger partial charge in [-0.1, -0.05) is 0 Å². The van der Waals surface area contributed by atoms with E-state index >= 15 is 0 Å². The Labute approximate surface area is 114 Å². The highest BCUT2D eigenvalue weighted by molar-refractivity contribution is 5.94. The van der Waals surface area contributed by atoms with Crippen LogP contribution in [0.3, 0.4) is 0 Å². The van der Waals surface area contributed by atoms with Gasteiger partial charge < -0.3 is 15.5 Å². The van der Waals surface area contributed by atoms with E-state index in [-0.39, 0.29) is 12.8 Å². The zero-order chi connectivity index (χ0) is 15.1. The van der Waals surface area contributed by atoms with Crippen LogP contribution < -0.4 is 5.32 Å². The second kappa shape index (κ2) is 7.07. The first-order valence-corrected chi connectivity index (χ1v) is 5.81. The SMILES string of the molecule is Cn1nccc1/C=C/C(=O)NC(CCC(=O)O)C(=O)O. The molecule has 0 bridgehead atoms. The van der Waals surface area contributed by atoms with Gasteiger partial charge in [0.1, 0.15) is 6.04 Å². The van der Waals surface area contributed by atoms with Crippen molar-refractivity contribution in [3.8, 4) is 0 Å². The van der Waals surface area contributed by atoms with Gasteiger partial charge in [0, 0.05) is 25.7 Å². The molecular formula is C12H15N3O5. The van der Waals surface area contributed by atoms with Crippen LogP contribution in [-0.4, -0.2) is 43.9 Å². The average molecular weight is 281 g/mol. The maximum atomic E-state index is 11.6. The Morgan fingerprint density at radius 1 is 1.45 bits per heavy atom. The molecule has 0 aliphatic heterocycles. The fourth-order valence-corrected chi connectivity index (χ4v) is 1.45. The standard InChI is InChI=1S/C12H15N3O5/c1-15-8(6-7-13-15)2-4-10(16)14-9(12(19)20)3-5-11(17)18/h2,4,6-7,9H,3,5H2,1H3,(H,14,16)(H,17,18)(H,19,20)/b4-2+. The molecule has 0 aliphatic carbocycles. The van der Waals surface area contributed by atoms with Crippen LogP contribution in [-0.2, 0) is 21.4 Å². The van der Waals surface area contributed by atoms with Crippen molar-refractivity contribution in [1.82, 2.24) is 15.1 Å². The second-order valence-electron chi connectivity index (χ2n) is 4.04. The normalized spacial score (nSPS) is 12.2. The summed E-state index contributed by atoms with van der Waals surface area (Å²) in [6, 6.07) is 0.456. The molecule has 1 aromatic rings. The van der Waals surface area contributed by atoms with Crippen molar-refractivity contribution in [2.24, 2.45) is 7.05 Å². The van der Waals surface area contributed by atoms with Gasteiger partial charge in [0.15, 0.2) is 0 Å². The number of carboxylic acids is 2. The van der Waals surface area contributed by atoms with Gasteiger partial charge in [-0.25, -0.2) is 4.79 Å². The summed E-state index contributed by atoms with van der Waals surface area (Å²) < 4.78 is 1.54. The summed E-state index contributed by atoms with van der Waals surface area (Å²) in [6.07, 6.45) is 3.72. The van der Waals surface area contributed by atoms with Gasteiger partial charge in [-0.2, -0.15) is 5.10 Å². The van der Waals surface area contributed by atoms with Crippen molar-refractivity contribution in [2.45, 2.75) is 18.9 Å². The smallest absolute Gasteiger partial charge is 0.326 e. The number of aliphatic carboxylic acids is 2. The van der Waals surface area contributed by atoms with Gasteiger partial charge in [-0.05, 0) is 18.6 Å². The van der Waals surface area contributed by atoms with Gasteiger partial charge >= 0.3 is 11.9 Å². The molecule has 1 rings (SSSR count). The predicted octanol–water partition coefficient (Wildman–Crippen LogP) is -0.132. The van der Waals surface area contributed by atoms with Crippen LogP contribution >= 0.6 is 0 Å². The van der Waals surface area contributed by atoms with Gasteiger partial charge in [0.25, 0.3) is 0 Å². The van der Waals surface area contributed by atoms with Crippen molar-refractivity contribution < 1.29 is 24.6 Å². The third kappa shape index (κ3) is 4.92. The minimum absolute atomic E-state index is 0.171. The van der Waals surface area contributed by atoms with Crippen molar-refractivity contribution in [3.05, 3.63) is 24.0 Å². The van der Waals surface area contributed by atoms with Crippen LogP contribution in [0, 0.1) is 0 Å². The zero-order valence-corrected chi connectivity index (χ0v) is 10.8. The summed E-state index contributed by atoms with van der Waals surface area (Å²) in [4.78, 5) is 32.9. The first-order chi connectivity index (χ1) is 9.40. The first kappa shape index (κ1) is 15.4. The molecule has 3 N–H and O–H groups in total. The molecule has 0 fully saturated rings. The molecular weight excluding hydrogens is 266 g/mol. The number of carbonyl (C=O) groups is 3. The maximum absolute atomic E-state index is 11.6. The maximum Gasteiger partial charge on any atom is 0.326 e. The quantitative estimate of drug-likeness (QED) is 0.598. The Hall–Kier alpha value is -2.64. The summed E-state index contributed by atoms with van der Waals surface area (Å²) in [5.74, 6) is -2.99. The highest BCUT2D eigenvalue weighted by atomic mass is 16.4. The van der Waals surface area contributed by atoms with Crippen LogP contribution in [0.1, 0.15) is 18.5 Å². The number of hydrogen-bond acceptors (Lipinski definition) is 4. The topological polar surface area (TPSA) is 122 Å². The molecule has 1 amide bonds. The number of aryl methyl sites for hydroxylation is 1. The highest BCUT2D eigenvalue weighted by Gasteiger charge is 2.19. The van der Waals surface area contributed by atoms with Crippen LogP contribution in [0.2, 0.25) is 0 Å². The number of carboxylic acid groups (broad SMARTS) is 2. The molecule has 8 heteroatoms. The van der Waals surface area contributed by atoms with Gasteiger partial charge in [0.05, 0.1) is 5.69 Å². The molecule has 0 spiro atoms. The number of amides is 1. The number of nitrogens with zero attached hydrogens (tertiary/aromatic N) is 2. The summed E-state index contributed by atoms with van der Waals surface area (Å²) >= 11 is 0. The lowest BCUT2D eigenvalue weighted by Crippen LogP contribution is -2.40. The van der Waals surface area contributed by atoms with Crippen molar-refractivity contribution in [2.75, 3.05) is 0 Å². The molecule has 1 aromatic heterocycles. The van der Waals surface area contributed by atoms with E-state index < -0.39 is 23.9 Å². The lowest BCUT2D eigenvalue weighted by atomic mass is 10.1. The van der Waals surface area contributed by atoms with Crippen LogP contribution in [0.25, 0.3) is 6.08 Å². The fourth-order valence-electron chi connectivity index (χ4n) is 1.45. The van der Waals surface area contributed by atoms with E-state index in [1.807, 2.05) is 0 Å². The largest absolute Gasteiger partial charge is 0.481 e. The summed E-state index contributed by atoms with van der Waals surface area (Å²) in [5.41, 5.74) is 0.678.